The number of fused-ring (bicyclic) bond motifs is 1. The van der Waals surface area contributed by atoms with Crippen LogP contribution in [0.2, 0.25) is 0 Å². The van der Waals surface area contributed by atoms with E-state index in [1.165, 1.54) is 16.0 Å². The van der Waals surface area contributed by atoms with Crippen molar-refractivity contribution in [3.63, 3.8) is 0 Å². The summed E-state index contributed by atoms with van der Waals surface area (Å²) in [6, 6.07) is 0. The topological polar surface area (TPSA) is 58.8 Å². The maximum absolute atomic E-state index is 13.0. The number of rotatable bonds is 5. The Balaban J connectivity index is 1.42. The largest absolute Gasteiger partial charge is 0.381 e. The number of ether oxygens (including phenoxy) is 1. The summed E-state index contributed by atoms with van der Waals surface area (Å²) in [5.41, 5.74) is 4.30. The molecule has 146 valence electrons. The number of carbonyl (C=O) groups excluding carboxylic acids is 1. The van der Waals surface area contributed by atoms with E-state index in [9.17, 15) is 4.79 Å². The Kier molecular flexibility index (Phi) is 5.34. The molecular weight excluding hydrogens is 362 g/mol. The SMILES string of the molecule is Cc1noc(C)c1CN1CCc2c(C(=O)N(C)C[C@@H]3CCOC3)csc2C1. The molecule has 0 spiro atoms. The summed E-state index contributed by atoms with van der Waals surface area (Å²) in [7, 11) is 1.91. The molecule has 0 saturated carbocycles. The summed E-state index contributed by atoms with van der Waals surface area (Å²) in [5, 5.41) is 6.11. The van der Waals surface area contributed by atoms with E-state index < -0.39 is 0 Å². The van der Waals surface area contributed by atoms with E-state index in [1.807, 2.05) is 31.2 Å². The molecule has 2 aromatic heterocycles. The Morgan fingerprint density at radius 1 is 1.44 bits per heavy atom. The Labute approximate surface area is 164 Å². The first-order valence-corrected chi connectivity index (χ1v) is 10.5. The third-order valence-electron chi connectivity index (χ3n) is 5.72. The van der Waals surface area contributed by atoms with Gasteiger partial charge in [0.05, 0.1) is 17.9 Å². The second-order valence-corrected chi connectivity index (χ2v) is 8.69. The lowest BCUT2D eigenvalue weighted by molar-refractivity contribution is 0.0764. The minimum absolute atomic E-state index is 0.151. The van der Waals surface area contributed by atoms with Crippen LogP contribution in [-0.4, -0.2) is 54.2 Å². The predicted octanol–water partition coefficient (Wildman–Crippen LogP) is 3.02. The lowest BCUT2D eigenvalue weighted by Gasteiger charge is -2.27. The zero-order chi connectivity index (χ0) is 19.0. The van der Waals surface area contributed by atoms with Gasteiger partial charge in [0.25, 0.3) is 5.91 Å². The van der Waals surface area contributed by atoms with Crippen LogP contribution in [0.1, 0.15) is 44.2 Å². The fourth-order valence-corrected chi connectivity index (χ4v) is 5.16. The molecule has 0 aliphatic carbocycles. The van der Waals surface area contributed by atoms with E-state index in [4.69, 9.17) is 9.26 Å². The molecule has 27 heavy (non-hydrogen) atoms. The monoisotopic (exact) mass is 389 g/mol. The maximum Gasteiger partial charge on any atom is 0.254 e. The molecule has 1 amide bonds. The van der Waals surface area contributed by atoms with E-state index in [0.717, 1.165) is 69.3 Å². The van der Waals surface area contributed by atoms with Crippen molar-refractivity contribution in [3.05, 3.63) is 38.4 Å². The molecule has 4 rings (SSSR count). The van der Waals surface area contributed by atoms with Crippen molar-refractivity contribution in [2.24, 2.45) is 5.92 Å². The van der Waals surface area contributed by atoms with Gasteiger partial charge in [-0.1, -0.05) is 5.16 Å². The molecule has 7 heteroatoms. The molecule has 1 fully saturated rings. The van der Waals surface area contributed by atoms with Gasteiger partial charge in [-0.05, 0) is 32.3 Å². The molecule has 4 heterocycles. The van der Waals surface area contributed by atoms with E-state index in [2.05, 4.69) is 10.1 Å². The van der Waals surface area contributed by atoms with Crippen LogP contribution in [0, 0.1) is 19.8 Å². The quantitative estimate of drug-likeness (QED) is 0.787. The fourth-order valence-electron chi connectivity index (χ4n) is 4.05. The van der Waals surface area contributed by atoms with Crippen LogP contribution < -0.4 is 0 Å². The summed E-state index contributed by atoms with van der Waals surface area (Å²) < 4.78 is 10.7. The number of hydrogen-bond acceptors (Lipinski definition) is 6. The third kappa shape index (κ3) is 3.81. The van der Waals surface area contributed by atoms with Crippen LogP contribution in [0.15, 0.2) is 9.90 Å². The maximum atomic E-state index is 13.0. The van der Waals surface area contributed by atoms with Crippen molar-refractivity contribution >= 4 is 17.2 Å². The molecule has 1 atom stereocenters. The van der Waals surface area contributed by atoms with Gasteiger partial charge in [-0.2, -0.15) is 0 Å². The molecule has 0 N–H and O–H groups in total. The highest BCUT2D eigenvalue weighted by molar-refractivity contribution is 7.10. The van der Waals surface area contributed by atoms with E-state index >= 15 is 0 Å². The molecule has 0 aromatic carbocycles. The molecule has 0 radical (unpaired) electrons. The normalized spacial score (nSPS) is 20.0. The fraction of sp³-hybridized carbons (Fsp3) is 0.600. The minimum Gasteiger partial charge on any atom is -0.381 e. The highest BCUT2D eigenvalue weighted by Gasteiger charge is 2.27. The average molecular weight is 390 g/mol. The predicted molar refractivity (Wildman–Crippen MR) is 104 cm³/mol. The number of aryl methyl sites for hydroxylation is 2. The van der Waals surface area contributed by atoms with E-state index in [0.29, 0.717) is 5.92 Å². The lowest BCUT2D eigenvalue weighted by atomic mass is 10.0. The highest BCUT2D eigenvalue weighted by atomic mass is 32.1. The molecule has 6 nitrogen and oxygen atoms in total. The smallest absolute Gasteiger partial charge is 0.254 e. The van der Waals surface area contributed by atoms with Crippen LogP contribution >= 0.6 is 11.3 Å². The Morgan fingerprint density at radius 3 is 3.00 bits per heavy atom. The van der Waals surface area contributed by atoms with E-state index in [1.54, 1.807) is 11.3 Å². The Hall–Kier alpha value is -1.70. The van der Waals surface area contributed by atoms with Gasteiger partial charge in [0.2, 0.25) is 0 Å². The first-order valence-electron chi connectivity index (χ1n) is 9.59. The summed E-state index contributed by atoms with van der Waals surface area (Å²) >= 11 is 1.71. The first-order chi connectivity index (χ1) is 13.0. The zero-order valence-electron chi connectivity index (χ0n) is 16.3. The van der Waals surface area contributed by atoms with Crippen LogP contribution in [0.4, 0.5) is 0 Å². The van der Waals surface area contributed by atoms with Crippen molar-refractivity contribution in [3.8, 4) is 0 Å². The molecule has 0 unspecified atom stereocenters. The van der Waals surface area contributed by atoms with Crippen molar-refractivity contribution in [1.82, 2.24) is 15.0 Å². The van der Waals surface area contributed by atoms with Gasteiger partial charge in [0, 0.05) is 61.6 Å². The van der Waals surface area contributed by atoms with Crippen LogP contribution in [0.5, 0.6) is 0 Å². The third-order valence-corrected chi connectivity index (χ3v) is 6.74. The van der Waals surface area contributed by atoms with Crippen molar-refractivity contribution in [2.45, 2.75) is 39.8 Å². The average Bonchev–Trinajstić information content (AvgIpc) is 3.38. The molecular formula is C20H27N3O3S. The summed E-state index contributed by atoms with van der Waals surface area (Å²) in [6.07, 6.45) is 1.97. The van der Waals surface area contributed by atoms with Crippen molar-refractivity contribution < 1.29 is 14.1 Å². The van der Waals surface area contributed by atoms with Gasteiger partial charge in [0.1, 0.15) is 5.76 Å². The first kappa shape index (κ1) is 18.7. The van der Waals surface area contributed by atoms with Gasteiger partial charge < -0.3 is 14.2 Å². The Morgan fingerprint density at radius 2 is 2.30 bits per heavy atom. The lowest BCUT2D eigenvalue weighted by Crippen LogP contribution is -2.34. The number of hydrogen-bond donors (Lipinski definition) is 0. The molecule has 2 aromatic rings. The number of amides is 1. The van der Waals surface area contributed by atoms with Gasteiger partial charge in [-0.25, -0.2) is 0 Å². The van der Waals surface area contributed by atoms with Crippen LogP contribution in [0.3, 0.4) is 0 Å². The number of thiophene rings is 1. The standard InChI is InChI=1S/C20H27N3O3S/c1-13-17(14(2)26-21-13)9-23-6-4-16-18(12-27-19(16)10-23)20(24)22(3)8-15-5-7-25-11-15/h12,15H,4-11H2,1-3H3/t15-/m0/s1. The van der Waals surface area contributed by atoms with Gasteiger partial charge >= 0.3 is 0 Å². The van der Waals surface area contributed by atoms with Crippen LogP contribution in [-0.2, 0) is 24.2 Å². The molecule has 0 bridgehead atoms. The molecule has 1 saturated heterocycles. The second kappa shape index (κ2) is 7.73. The summed E-state index contributed by atoms with van der Waals surface area (Å²) in [6.45, 7) is 9.03. The van der Waals surface area contributed by atoms with Gasteiger partial charge in [0.15, 0.2) is 0 Å². The molecule has 2 aliphatic heterocycles. The summed E-state index contributed by atoms with van der Waals surface area (Å²) in [5.74, 6) is 1.52. The van der Waals surface area contributed by atoms with Gasteiger partial charge in [-0.3, -0.25) is 9.69 Å². The number of aromatic nitrogens is 1. The Bertz CT molecular complexity index is 803. The van der Waals surface area contributed by atoms with Gasteiger partial charge in [-0.15, -0.1) is 11.3 Å². The molecule has 2 aliphatic rings. The number of nitrogens with zero attached hydrogens (tertiary/aromatic N) is 3. The van der Waals surface area contributed by atoms with Crippen LogP contribution in [0.25, 0.3) is 0 Å². The highest BCUT2D eigenvalue weighted by Crippen LogP contribution is 2.31. The summed E-state index contributed by atoms with van der Waals surface area (Å²) in [4.78, 5) is 18.6. The second-order valence-electron chi connectivity index (χ2n) is 7.73. The number of carbonyl (C=O) groups is 1. The zero-order valence-corrected chi connectivity index (χ0v) is 17.1. The van der Waals surface area contributed by atoms with E-state index in [-0.39, 0.29) is 5.91 Å². The minimum atomic E-state index is 0.151. The van der Waals surface area contributed by atoms with Crippen molar-refractivity contribution in [2.75, 3.05) is 33.4 Å². The van der Waals surface area contributed by atoms with Crippen molar-refractivity contribution in [1.29, 1.82) is 0 Å².